The summed E-state index contributed by atoms with van der Waals surface area (Å²) in [7, 11) is 0. The molecule has 2 saturated carbocycles. The van der Waals surface area contributed by atoms with E-state index in [1.807, 2.05) is 13.8 Å². The molecule has 6 nitrogen and oxygen atoms in total. The second-order valence-electron chi connectivity index (χ2n) is 6.08. The minimum atomic E-state index is -1.11. The summed E-state index contributed by atoms with van der Waals surface area (Å²) >= 11 is 0. The topological polar surface area (TPSA) is 91.1 Å². The van der Waals surface area contributed by atoms with Gasteiger partial charge >= 0.3 is 5.97 Å². The Morgan fingerprint density at radius 1 is 1.53 bits per heavy atom. The van der Waals surface area contributed by atoms with Crippen LogP contribution in [-0.2, 0) is 14.3 Å². The summed E-state index contributed by atoms with van der Waals surface area (Å²) < 4.78 is 5.27. The molecular formula is C13H19NO5. The average Bonchev–Trinajstić information content (AvgIpc) is 2.51. The highest BCUT2D eigenvalue weighted by Gasteiger charge is 2.70. The van der Waals surface area contributed by atoms with Gasteiger partial charge in [0.2, 0.25) is 0 Å². The zero-order valence-electron chi connectivity index (χ0n) is 11.5. The molecule has 4 atom stereocenters. The molecule has 2 N–H and O–H groups in total. The average molecular weight is 269 g/mol. The Morgan fingerprint density at radius 3 is 2.53 bits per heavy atom. The first-order valence-corrected chi connectivity index (χ1v) is 6.29. The SMILES string of the molecule is CC(=O)OC1CC2/C(=C\[NH+]([O-])O)C(=O)C1(C)C2(C)C. The Balaban J connectivity index is 2.44. The number of rotatable bonds is 2. The number of hydrogen-bond donors (Lipinski definition) is 2. The number of ether oxygens (including phenoxy) is 1. The number of ketones is 1. The molecule has 2 aliphatic rings. The number of esters is 1. The Hall–Kier alpha value is -1.24. The minimum Gasteiger partial charge on any atom is -0.595 e. The van der Waals surface area contributed by atoms with Crippen LogP contribution in [0.3, 0.4) is 0 Å². The van der Waals surface area contributed by atoms with E-state index in [-0.39, 0.29) is 11.7 Å². The van der Waals surface area contributed by atoms with Crippen molar-refractivity contribution in [2.24, 2.45) is 16.7 Å². The first kappa shape index (κ1) is 14.2. The maximum Gasteiger partial charge on any atom is 0.302 e. The molecule has 6 heteroatoms. The molecule has 0 amide bonds. The van der Waals surface area contributed by atoms with Gasteiger partial charge in [0, 0.05) is 12.8 Å². The summed E-state index contributed by atoms with van der Waals surface area (Å²) in [5, 5.41) is 18.6. The van der Waals surface area contributed by atoms with E-state index >= 15 is 0 Å². The number of hydrogen-bond acceptors (Lipinski definition) is 5. The lowest BCUT2D eigenvalue weighted by molar-refractivity contribution is -1.00. The van der Waals surface area contributed by atoms with Gasteiger partial charge in [0.15, 0.2) is 5.78 Å². The fraction of sp³-hybridized carbons (Fsp3) is 0.692. The lowest BCUT2D eigenvalue weighted by atomic mass is 9.69. The normalized spacial score (nSPS) is 39.7. The number of fused-ring (bicyclic) bond motifs is 2. The van der Waals surface area contributed by atoms with Crippen molar-refractivity contribution in [3.8, 4) is 0 Å². The van der Waals surface area contributed by atoms with Crippen molar-refractivity contribution in [2.75, 3.05) is 0 Å². The van der Waals surface area contributed by atoms with Crippen molar-refractivity contribution in [1.82, 2.24) is 0 Å². The van der Waals surface area contributed by atoms with Crippen LogP contribution >= 0.6 is 0 Å². The first-order valence-electron chi connectivity index (χ1n) is 6.29. The molecule has 0 aliphatic heterocycles. The van der Waals surface area contributed by atoms with E-state index in [0.717, 1.165) is 6.20 Å². The smallest absolute Gasteiger partial charge is 0.302 e. The van der Waals surface area contributed by atoms with Gasteiger partial charge in [-0.2, -0.15) is 0 Å². The Labute approximate surface area is 111 Å². The quantitative estimate of drug-likeness (QED) is 0.425. The van der Waals surface area contributed by atoms with Crippen LogP contribution in [0.2, 0.25) is 0 Å². The zero-order valence-corrected chi connectivity index (χ0v) is 11.5. The second kappa shape index (κ2) is 4.13. The summed E-state index contributed by atoms with van der Waals surface area (Å²) in [5.41, 5.74) is -0.903. The van der Waals surface area contributed by atoms with Gasteiger partial charge in [-0.15, -0.1) is 0 Å². The standard InChI is InChI=1S/C13H19NO5/c1-7(15)19-10-5-9-8(6-14(17)18)11(16)13(10,4)12(9,2)3/h6,9-10,14,17H,5H2,1-4H3/b8-6+. The van der Waals surface area contributed by atoms with Crippen LogP contribution in [0.5, 0.6) is 0 Å². The first-order chi connectivity index (χ1) is 8.62. The van der Waals surface area contributed by atoms with Gasteiger partial charge in [0.05, 0.1) is 11.0 Å². The van der Waals surface area contributed by atoms with E-state index in [1.54, 1.807) is 6.92 Å². The lowest BCUT2D eigenvalue weighted by Gasteiger charge is -2.36. The molecule has 0 radical (unpaired) electrons. The van der Waals surface area contributed by atoms with Crippen molar-refractivity contribution in [2.45, 2.75) is 40.2 Å². The highest BCUT2D eigenvalue weighted by molar-refractivity contribution is 6.05. The van der Waals surface area contributed by atoms with E-state index < -0.39 is 28.1 Å². The molecule has 0 heterocycles. The molecule has 2 bridgehead atoms. The minimum absolute atomic E-state index is 0.176. The molecule has 2 aliphatic carbocycles. The second-order valence-corrected chi connectivity index (χ2v) is 6.08. The molecule has 106 valence electrons. The Morgan fingerprint density at radius 2 is 2.11 bits per heavy atom. The third-order valence-corrected chi connectivity index (χ3v) is 5.00. The summed E-state index contributed by atoms with van der Waals surface area (Å²) in [6, 6.07) is 0. The molecule has 4 unspecified atom stereocenters. The van der Waals surface area contributed by atoms with Crippen molar-refractivity contribution in [3.05, 3.63) is 17.0 Å². The van der Waals surface area contributed by atoms with Crippen LogP contribution in [-0.4, -0.2) is 23.1 Å². The third-order valence-electron chi connectivity index (χ3n) is 5.00. The van der Waals surface area contributed by atoms with Gasteiger partial charge in [-0.3, -0.25) is 9.59 Å². The molecule has 0 aromatic carbocycles. The van der Waals surface area contributed by atoms with Crippen LogP contribution in [0, 0.1) is 22.0 Å². The van der Waals surface area contributed by atoms with E-state index in [0.29, 0.717) is 12.0 Å². The number of Topliss-reactive ketones (excluding diaryl/α,β-unsaturated/α-hetero) is 1. The summed E-state index contributed by atoms with van der Waals surface area (Å²) in [6.07, 6.45) is 1.04. The largest absolute Gasteiger partial charge is 0.595 e. The Kier molecular flexibility index (Phi) is 3.08. The predicted octanol–water partition coefficient (Wildman–Crippen LogP) is 0.209. The van der Waals surface area contributed by atoms with Gasteiger partial charge < -0.3 is 9.94 Å². The molecular weight excluding hydrogens is 250 g/mol. The van der Waals surface area contributed by atoms with Crippen LogP contribution < -0.4 is 5.23 Å². The number of hydroxylamine groups is 2. The van der Waals surface area contributed by atoms with Gasteiger partial charge in [-0.1, -0.05) is 13.8 Å². The molecule has 2 fully saturated rings. The van der Waals surface area contributed by atoms with Crippen molar-refractivity contribution in [1.29, 1.82) is 0 Å². The maximum absolute atomic E-state index is 12.5. The van der Waals surface area contributed by atoms with Crippen LogP contribution in [0.4, 0.5) is 0 Å². The number of quaternary nitrogens is 1. The van der Waals surface area contributed by atoms with Crippen LogP contribution in [0.1, 0.15) is 34.1 Å². The lowest BCUT2D eigenvalue weighted by Crippen LogP contribution is -2.99. The van der Waals surface area contributed by atoms with Crippen LogP contribution in [0.15, 0.2) is 11.8 Å². The molecule has 0 aromatic rings. The maximum atomic E-state index is 12.5. The van der Waals surface area contributed by atoms with E-state index in [1.165, 1.54) is 6.92 Å². The number of carbonyl (C=O) groups is 2. The third kappa shape index (κ3) is 1.74. The van der Waals surface area contributed by atoms with E-state index in [9.17, 15) is 14.8 Å². The highest BCUT2D eigenvalue weighted by atomic mass is 16.8. The summed E-state index contributed by atoms with van der Waals surface area (Å²) in [5.74, 6) is -0.793. The number of nitrogens with one attached hydrogen (secondary N) is 1. The molecule has 0 aromatic heterocycles. The fourth-order valence-electron chi connectivity index (χ4n) is 3.60. The molecule has 0 saturated heterocycles. The van der Waals surface area contributed by atoms with Gasteiger partial charge in [0.25, 0.3) is 0 Å². The number of carbonyl (C=O) groups excluding carboxylic acids is 2. The van der Waals surface area contributed by atoms with E-state index in [2.05, 4.69) is 0 Å². The summed E-state index contributed by atoms with van der Waals surface area (Å²) in [4.78, 5) is 23.7. The van der Waals surface area contributed by atoms with Gasteiger partial charge in [-0.05, 0) is 18.8 Å². The fourth-order valence-corrected chi connectivity index (χ4v) is 3.60. The number of allylic oxidation sites excluding steroid dienone is 1. The molecule has 19 heavy (non-hydrogen) atoms. The predicted molar refractivity (Wildman–Crippen MR) is 64.8 cm³/mol. The van der Waals surface area contributed by atoms with Crippen molar-refractivity contribution < 1.29 is 24.8 Å². The monoisotopic (exact) mass is 269 g/mol. The Bertz CT molecular complexity index is 468. The van der Waals surface area contributed by atoms with Gasteiger partial charge in [0.1, 0.15) is 12.3 Å². The van der Waals surface area contributed by atoms with Crippen molar-refractivity contribution >= 4 is 11.8 Å². The van der Waals surface area contributed by atoms with Crippen molar-refractivity contribution in [3.63, 3.8) is 0 Å². The highest BCUT2D eigenvalue weighted by Crippen LogP contribution is 2.66. The van der Waals surface area contributed by atoms with E-state index in [4.69, 9.17) is 9.94 Å². The molecule has 2 rings (SSSR count). The molecule has 0 spiro atoms. The van der Waals surface area contributed by atoms with Crippen LogP contribution in [0.25, 0.3) is 0 Å². The summed E-state index contributed by atoms with van der Waals surface area (Å²) in [6.45, 7) is 6.95. The van der Waals surface area contributed by atoms with Gasteiger partial charge in [-0.25, -0.2) is 10.4 Å². The zero-order chi connectivity index (χ0) is 14.6.